The quantitative estimate of drug-likeness (QED) is 0.875. The fourth-order valence-electron chi connectivity index (χ4n) is 1.83. The molecule has 0 bridgehead atoms. The Morgan fingerprint density at radius 3 is 2.95 bits per heavy atom. The molecule has 0 fully saturated rings. The average molecular weight is 325 g/mol. The van der Waals surface area contributed by atoms with Crippen molar-refractivity contribution in [2.45, 2.75) is 25.8 Å². The average Bonchev–Trinajstić information content (AvgIpc) is 2.81. The van der Waals surface area contributed by atoms with Crippen molar-refractivity contribution in [1.29, 1.82) is 0 Å². The number of tetrazole rings is 1. The van der Waals surface area contributed by atoms with Gasteiger partial charge in [0.2, 0.25) is 0 Å². The summed E-state index contributed by atoms with van der Waals surface area (Å²) in [6, 6.07) is 3.98. The number of nitrogens with one attached hydrogen (secondary N) is 1. The number of pyridine rings is 1. The molecule has 2 aromatic rings. The molecule has 0 radical (unpaired) electrons. The van der Waals surface area contributed by atoms with Crippen molar-refractivity contribution in [2.75, 3.05) is 6.54 Å². The van der Waals surface area contributed by atoms with Crippen LogP contribution in [-0.2, 0) is 13.5 Å². The van der Waals surface area contributed by atoms with E-state index in [9.17, 15) is 0 Å². The Hall–Kier alpha value is -1.34. The normalized spacial score (nSPS) is 12.6. The SMILES string of the molecule is CCCNC(Cc1nnn(C)n1)c1ncccc1Br. The zero-order chi connectivity index (χ0) is 13.7. The monoisotopic (exact) mass is 324 g/mol. The number of nitrogens with zero attached hydrogens (tertiary/aromatic N) is 5. The second kappa shape index (κ2) is 6.72. The van der Waals surface area contributed by atoms with Gasteiger partial charge >= 0.3 is 0 Å². The first-order valence-electron chi connectivity index (χ1n) is 6.27. The minimum absolute atomic E-state index is 0.0831. The standard InChI is InChI=1S/C12H17BrN6/c1-3-6-14-10(8-11-16-18-19(2)17-11)12-9(13)5-4-7-15-12/h4-5,7,10,14H,3,6,8H2,1-2H3. The number of hydrogen-bond acceptors (Lipinski definition) is 5. The predicted molar refractivity (Wildman–Crippen MR) is 75.5 cm³/mol. The zero-order valence-electron chi connectivity index (χ0n) is 11.0. The molecule has 0 amide bonds. The van der Waals surface area contributed by atoms with Crippen LogP contribution in [0.25, 0.3) is 0 Å². The molecule has 2 rings (SSSR count). The second-order valence-electron chi connectivity index (χ2n) is 4.28. The van der Waals surface area contributed by atoms with Crippen LogP contribution in [-0.4, -0.2) is 31.7 Å². The molecule has 0 aliphatic heterocycles. The highest BCUT2D eigenvalue weighted by atomic mass is 79.9. The van der Waals surface area contributed by atoms with Crippen LogP contribution in [0.1, 0.15) is 30.9 Å². The molecule has 2 aromatic heterocycles. The van der Waals surface area contributed by atoms with E-state index in [1.54, 1.807) is 13.2 Å². The summed E-state index contributed by atoms with van der Waals surface area (Å²) >= 11 is 3.54. The maximum atomic E-state index is 4.44. The summed E-state index contributed by atoms with van der Waals surface area (Å²) in [6.07, 6.45) is 3.53. The number of aryl methyl sites for hydroxylation is 1. The van der Waals surface area contributed by atoms with Crippen molar-refractivity contribution in [3.8, 4) is 0 Å². The van der Waals surface area contributed by atoms with Gasteiger partial charge in [0.25, 0.3) is 0 Å². The summed E-state index contributed by atoms with van der Waals surface area (Å²) in [6.45, 7) is 3.06. The summed E-state index contributed by atoms with van der Waals surface area (Å²) in [7, 11) is 1.77. The van der Waals surface area contributed by atoms with Gasteiger partial charge in [-0.1, -0.05) is 6.92 Å². The van der Waals surface area contributed by atoms with E-state index in [2.05, 4.69) is 48.6 Å². The smallest absolute Gasteiger partial charge is 0.176 e. The Balaban J connectivity index is 2.18. The predicted octanol–water partition coefficient (Wildman–Crippen LogP) is 1.65. The van der Waals surface area contributed by atoms with E-state index in [-0.39, 0.29) is 6.04 Å². The van der Waals surface area contributed by atoms with Gasteiger partial charge in [-0.2, -0.15) is 4.80 Å². The van der Waals surface area contributed by atoms with Crippen molar-refractivity contribution in [3.05, 3.63) is 34.3 Å². The molecule has 0 aliphatic carbocycles. The van der Waals surface area contributed by atoms with Crippen LogP contribution < -0.4 is 5.32 Å². The molecular formula is C12H17BrN6. The van der Waals surface area contributed by atoms with Gasteiger partial charge in [0.05, 0.1) is 18.8 Å². The molecule has 1 unspecified atom stereocenters. The Morgan fingerprint density at radius 2 is 2.32 bits per heavy atom. The topological polar surface area (TPSA) is 68.5 Å². The van der Waals surface area contributed by atoms with Gasteiger partial charge in [-0.25, -0.2) is 0 Å². The Bertz CT molecular complexity index is 526. The molecule has 1 N–H and O–H groups in total. The summed E-state index contributed by atoms with van der Waals surface area (Å²) in [4.78, 5) is 5.91. The van der Waals surface area contributed by atoms with Crippen molar-refractivity contribution in [3.63, 3.8) is 0 Å². The van der Waals surface area contributed by atoms with Crippen LogP contribution in [0, 0.1) is 0 Å². The molecule has 6 nitrogen and oxygen atoms in total. The van der Waals surface area contributed by atoms with Crippen LogP contribution in [0.5, 0.6) is 0 Å². The van der Waals surface area contributed by atoms with Gasteiger partial charge < -0.3 is 5.32 Å². The van der Waals surface area contributed by atoms with E-state index >= 15 is 0 Å². The van der Waals surface area contributed by atoms with Gasteiger partial charge in [-0.3, -0.25) is 4.98 Å². The Morgan fingerprint density at radius 1 is 1.47 bits per heavy atom. The molecule has 0 saturated heterocycles. The van der Waals surface area contributed by atoms with E-state index in [1.807, 2.05) is 12.1 Å². The van der Waals surface area contributed by atoms with Crippen LogP contribution in [0.4, 0.5) is 0 Å². The summed E-state index contributed by atoms with van der Waals surface area (Å²) in [5.74, 6) is 0.716. The van der Waals surface area contributed by atoms with Gasteiger partial charge in [0.1, 0.15) is 0 Å². The molecule has 102 valence electrons. The zero-order valence-corrected chi connectivity index (χ0v) is 12.6. The molecule has 2 heterocycles. The lowest BCUT2D eigenvalue weighted by Crippen LogP contribution is -2.25. The number of halogens is 1. The summed E-state index contributed by atoms with van der Waals surface area (Å²) in [5.41, 5.74) is 0.975. The van der Waals surface area contributed by atoms with E-state index in [4.69, 9.17) is 0 Å². The van der Waals surface area contributed by atoms with Crippen molar-refractivity contribution >= 4 is 15.9 Å². The van der Waals surface area contributed by atoms with E-state index in [0.29, 0.717) is 12.2 Å². The maximum absolute atomic E-state index is 4.44. The highest BCUT2D eigenvalue weighted by Crippen LogP contribution is 2.22. The first kappa shape index (κ1) is 14.1. The highest BCUT2D eigenvalue weighted by molar-refractivity contribution is 9.10. The number of rotatable bonds is 6. The first-order valence-corrected chi connectivity index (χ1v) is 7.06. The molecular weight excluding hydrogens is 308 g/mol. The lowest BCUT2D eigenvalue weighted by molar-refractivity contribution is 0.504. The van der Waals surface area contributed by atoms with Crippen molar-refractivity contribution < 1.29 is 0 Å². The van der Waals surface area contributed by atoms with Crippen LogP contribution >= 0.6 is 15.9 Å². The largest absolute Gasteiger partial charge is 0.308 e. The Kier molecular flexibility index (Phi) is 4.98. The van der Waals surface area contributed by atoms with E-state index in [1.165, 1.54) is 4.80 Å². The van der Waals surface area contributed by atoms with Gasteiger partial charge in [0, 0.05) is 17.1 Å². The Labute approximate surface area is 120 Å². The second-order valence-corrected chi connectivity index (χ2v) is 5.13. The van der Waals surface area contributed by atoms with Gasteiger partial charge in [0.15, 0.2) is 5.82 Å². The van der Waals surface area contributed by atoms with Crippen LogP contribution in [0.15, 0.2) is 22.8 Å². The van der Waals surface area contributed by atoms with E-state index in [0.717, 1.165) is 23.1 Å². The third-order valence-electron chi connectivity index (χ3n) is 2.69. The van der Waals surface area contributed by atoms with Crippen LogP contribution in [0.2, 0.25) is 0 Å². The third-order valence-corrected chi connectivity index (χ3v) is 3.36. The number of aromatic nitrogens is 5. The van der Waals surface area contributed by atoms with Crippen molar-refractivity contribution in [2.24, 2.45) is 7.05 Å². The lowest BCUT2D eigenvalue weighted by Gasteiger charge is -2.17. The molecule has 0 aromatic carbocycles. The fraction of sp³-hybridized carbons (Fsp3) is 0.500. The van der Waals surface area contributed by atoms with Gasteiger partial charge in [-0.05, 0) is 46.2 Å². The third kappa shape index (κ3) is 3.81. The lowest BCUT2D eigenvalue weighted by atomic mass is 10.1. The molecule has 7 heteroatoms. The van der Waals surface area contributed by atoms with E-state index < -0.39 is 0 Å². The molecule has 19 heavy (non-hydrogen) atoms. The minimum Gasteiger partial charge on any atom is -0.308 e. The fourth-order valence-corrected chi connectivity index (χ4v) is 2.36. The van der Waals surface area contributed by atoms with Crippen molar-refractivity contribution in [1.82, 2.24) is 30.5 Å². The highest BCUT2D eigenvalue weighted by Gasteiger charge is 2.18. The maximum Gasteiger partial charge on any atom is 0.176 e. The number of hydrogen-bond donors (Lipinski definition) is 1. The molecule has 1 atom stereocenters. The van der Waals surface area contributed by atoms with Gasteiger partial charge in [-0.15, -0.1) is 10.2 Å². The minimum atomic E-state index is 0.0831. The first-order chi connectivity index (χ1) is 9.20. The van der Waals surface area contributed by atoms with Crippen LogP contribution in [0.3, 0.4) is 0 Å². The molecule has 0 spiro atoms. The molecule has 0 saturated carbocycles. The molecule has 0 aliphatic rings. The summed E-state index contributed by atoms with van der Waals surface area (Å²) in [5, 5.41) is 15.6. The summed E-state index contributed by atoms with van der Waals surface area (Å²) < 4.78 is 0.993.